The Morgan fingerprint density at radius 3 is 2.60 bits per heavy atom. The average Bonchev–Trinajstić information content (AvgIpc) is 2.89. The molecule has 0 aromatic rings. The van der Waals surface area contributed by atoms with Crippen LogP contribution in [0.5, 0.6) is 0 Å². The van der Waals surface area contributed by atoms with Gasteiger partial charge in [-0.3, -0.25) is 4.79 Å². The first-order chi connectivity index (χ1) is 7.00. The summed E-state index contributed by atoms with van der Waals surface area (Å²) in [5.74, 6) is -0.630. The monoisotopic (exact) mass is 212 g/mol. The van der Waals surface area contributed by atoms with Crippen molar-refractivity contribution in [1.82, 2.24) is 0 Å². The van der Waals surface area contributed by atoms with Gasteiger partial charge in [0.2, 0.25) is 0 Å². The van der Waals surface area contributed by atoms with E-state index < -0.39 is 18.1 Å². The maximum Gasteiger partial charge on any atom is 0.161 e. The molecule has 1 aliphatic carbocycles. The summed E-state index contributed by atoms with van der Waals surface area (Å²) in [5.41, 5.74) is 0.903. The van der Waals surface area contributed by atoms with Gasteiger partial charge in [-0.25, -0.2) is 0 Å². The lowest BCUT2D eigenvalue weighted by Crippen LogP contribution is -2.42. The normalized spacial score (nSPS) is 43.1. The van der Waals surface area contributed by atoms with E-state index in [0.717, 1.165) is 5.57 Å². The number of aliphatic hydroxyl groups excluding tert-OH is 2. The van der Waals surface area contributed by atoms with Crippen LogP contribution in [0.3, 0.4) is 0 Å². The summed E-state index contributed by atoms with van der Waals surface area (Å²) in [6.45, 7) is 3.67. The minimum absolute atomic E-state index is 0.115. The lowest BCUT2D eigenvalue weighted by molar-refractivity contribution is -0.124. The fourth-order valence-corrected chi connectivity index (χ4v) is 2.16. The molecule has 1 saturated carbocycles. The third-order valence-corrected chi connectivity index (χ3v) is 2.98. The van der Waals surface area contributed by atoms with Gasteiger partial charge in [0.05, 0.1) is 18.1 Å². The number of allylic oxidation sites excluding steroid dienone is 2. The van der Waals surface area contributed by atoms with Crippen LogP contribution in [0.25, 0.3) is 0 Å². The highest BCUT2D eigenvalue weighted by atomic mass is 16.6. The van der Waals surface area contributed by atoms with Crippen molar-refractivity contribution in [3.8, 4) is 0 Å². The minimum atomic E-state index is -0.763. The molecule has 0 amide bonds. The van der Waals surface area contributed by atoms with Gasteiger partial charge in [0.25, 0.3) is 0 Å². The van der Waals surface area contributed by atoms with Gasteiger partial charge in [-0.15, -0.1) is 0 Å². The second-order valence-corrected chi connectivity index (χ2v) is 4.59. The second kappa shape index (κ2) is 3.70. The molecule has 0 aromatic carbocycles. The van der Waals surface area contributed by atoms with Gasteiger partial charge >= 0.3 is 0 Å². The molecule has 2 rings (SSSR count). The quantitative estimate of drug-likeness (QED) is 0.500. The van der Waals surface area contributed by atoms with Crippen LogP contribution in [0.4, 0.5) is 0 Å². The van der Waals surface area contributed by atoms with E-state index in [2.05, 4.69) is 0 Å². The molecule has 1 heterocycles. The molecule has 4 heteroatoms. The van der Waals surface area contributed by atoms with Gasteiger partial charge in [0, 0.05) is 0 Å². The molecule has 2 N–H and O–H groups in total. The SMILES string of the molecule is CC(C)=CC(=O)[C@@H]1C[C@H](O)[C@@H]2O[C@@H]2[C@H]1O. The number of hydrogen-bond acceptors (Lipinski definition) is 4. The Kier molecular flexibility index (Phi) is 2.66. The molecule has 0 spiro atoms. The Bertz CT molecular complexity index is 306. The number of hydrogen-bond donors (Lipinski definition) is 2. The number of aliphatic hydroxyl groups is 2. The van der Waals surface area contributed by atoms with Crippen molar-refractivity contribution < 1.29 is 19.7 Å². The van der Waals surface area contributed by atoms with E-state index in [4.69, 9.17) is 4.74 Å². The first-order valence-corrected chi connectivity index (χ1v) is 5.21. The molecule has 5 atom stereocenters. The Morgan fingerprint density at radius 2 is 2.00 bits per heavy atom. The van der Waals surface area contributed by atoms with Crippen molar-refractivity contribution >= 4 is 5.78 Å². The molecule has 2 aliphatic rings. The first kappa shape index (κ1) is 10.8. The minimum Gasteiger partial charge on any atom is -0.390 e. The molecule has 0 unspecified atom stereocenters. The zero-order chi connectivity index (χ0) is 11.2. The summed E-state index contributed by atoms with van der Waals surface area (Å²) in [6.07, 6.45) is -0.155. The molecule has 1 saturated heterocycles. The molecule has 0 aromatic heterocycles. The number of carbonyl (C=O) groups excluding carboxylic acids is 1. The van der Waals surface area contributed by atoms with Gasteiger partial charge < -0.3 is 14.9 Å². The van der Waals surface area contributed by atoms with Gasteiger partial charge in [0.1, 0.15) is 12.2 Å². The summed E-state index contributed by atoms with van der Waals surface area (Å²) in [7, 11) is 0. The van der Waals surface area contributed by atoms with E-state index >= 15 is 0 Å². The Balaban J connectivity index is 2.08. The molecule has 1 aliphatic heterocycles. The van der Waals surface area contributed by atoms with Crippen LogP contribution < -0.4 is 0 Å². The smallest absolute Gasteiger partial charge is 0.161 e. The molecule has 0 bridgehead atoms. The molecule has 2 fully saturated rings. The number of carbonyl (C=O) groups is 1. The van der Waals surface area contributed by atoms with Crippen LogP contribution in [0, 0.1) is 5.92 Å². The predicted octanol–water partition coefficient (Wildman–Crippen LogP) is 0.0308. The van der Waals surface area contributed by atoms with Crippen LogP contribution in [-0.2, 0) is 9.53 Å². The molecular formula is C11H16O4. The predicted molar refractivity (Wildman–Crippen MR) is 53.2 cm³/mol. The number of ether oxygens (including phenoxy) is 1. The van der Waals surface area contributed by atoms with Crippen molar-refractivity contribution in [3.05, 3.63) is 11.6 Å². The molecule has 84 valence electrons. The van der Waals surface area contributed by atoms with E-state index in [1.165, 1.54) is 6.08 Å². The van der Waals surface area contributed by atoms with Crippen molar-refractivity contribution in [1.29, 1.82) is 0 Å². The number of fused-ring (bicyclic) bond motifs is 1. The third kappa shape index (κ3) is 1.97. The van der Waals surface area contributed by atoms with Gasteiger partial charge in [-0.1, -0.05) is 5.57 Å². The summed E-state index contributed by atoms with van der Waals surface area (Å²) in [6, 6.07) is 0. The van der Waals surface area contributed by atoms with Crippen LogP contribution >= 0.6 is 0 Å². The average molecular weight is 212 g/mol. The highest BCUT2D eigenvalue weighted by Gasteiger charge is 2.56. The van der Waals surface area contributed by atoms with Gasteiger partial charge in [0.15, 0.2) is 5.78 Å². The summed E-state index contributed by atoms with van der Waals surface area (Å²) < 4.78 is 5.11. The van der Waals surface area contributed by atoms with Crippen LogP contribution in [-0.4, -0.2) is 40.4 Å². The zero-order valence-corrected chi connectivity index (χ0v) is 8.88. The second-order valence-electron chi connectivity index (χ2n) is 4.59. The maximum atomic E-state index is 11.7. The number of epoxide rings is 1. The van der Waals surface area contributed by atoms with E-state index in [9.17, 15) is 15.0 Å². The van der Waals surface area contributed by atoms with Crippen LogP contribution in [0.2, 0.25) is 0 Å². The summed E-state index contributed by atoms with van der Waals surface area (Å²) in [5, 5.41) is 19.4. The van der Waals surface area contributed by atoms with E-state index in [1.54, 1.807) is 0 Å². The third-order valence-electron chi connectivity index (χ3n) is 2.98. The Labute approximate surface area is 88.6 Å². The molecule has 15 heavy (non-hydrogen) atoms. The molecular weight excluding hydrogens is 196 g/mol. The number of ketones is 1. The van der Waals surface area contributed by atoms with Crippen LogP contribution in [0.1, 0.15) is 20.3 Å². The topological polar surface area (TPSA) is 70.1 Å². The van der Waals surface area contributed by atoms with Crippen LogP contribution in [0.15, 0.2) is 11.6 Å². The molecule has 4 nitrogen and oxygen atoms in total. The summed E-state index contributed by atoms with van der Waals surface area (Å²) >= 11 is 0. The standard InChI is InChI=1S/C11H16O4/c1-5(2)3-7(12)6-4-8(13)10-11(15-10)9(6)14/h3,6,8-11,13-14H,4H2,1-2H3/t6-,8-,9-,10-,11+/m0/s1. The summed E-state index contributed by atoms with van der Waals surface area (Å²) in [4.78, 5) is 11.7. The van der Waals surface area contributed by atoms with Gasteiger partial charge in [-0.05, 0) is 26.3 Å². The fourth-order valence-electron chi connectivity index (χ4n) is 2.16. The first-order valence-electron chi connectivity index (χ1n) is 5.21. The van der Waals surface area contributed by atoms with Crippen molar-refractivity contribution in [2.24, 2.45) is 5.92 Å². The lowest BCUT2D eigenvalue weighted by atomic mass is 9.81. The Hall–Kier alpha value is -0.710. The number of rotatable bonds is 2. The highest BCUT2D eigenvalue weighted by molar-refractivity contribution is 5.93. The Morgan fingerprint density at radius 1 is 1.33 bits per heavy atom. The van der Waals surface area contributed by atoms with Crippen molar-refractivity contribution in [3.63, 3.8) is 0 Å². The fraction of sp³-hybridized carbons (Fsp3) is 0.727. The molecule has 0 radical (unpaired) electrons. The highest BCUT2D eigenvalue weighted by Crippen LogP contribution is 2.40. The largest absolute Gasteiger partial charge is 0.390 e. The van der Waals surface area contributed by atoms with Crippen molar-refractivity contribution in [2.45, 2.75) is 44.7 Å². The lowest BCUT2D eigenvalue weighted by Gasteiger charge is -2.25. The van der Waals surface area contributed by atoms with E-state index in [-0.39, 0.29) is 18.0 Å². The maximum absolute atomic E-state index is 11.7. The van der Waals surface area contributed by atoms with Crippen molar-refractivity contribution in [2.75, 3.05) is 0 Å². The van der Waals surface area contributed by atoms with Gasteiger partial charge in [-0.2, -0.15) is 0 Å². The van der Waals surface area contributed by atoms with E-state index in [1.807, 2.05) is 13.8 Å². The zero-order valence-electron chi connectivity index (χ0n) is 8.88. The van der Waals surface area contributed by atoms with E-state index in [0.29, 0.717) is 6.42 Å².